The zero-order chi connectivity index (χ0) is 17.2. The summed E-state index contributed by atoms with van der Waals surface area (Å²) in [5.41, 5.74) is -0.454. The maximum Gasteiger partial charge on any atom is 0.247 e. The van der Waals surface area contributed by atoms with Crippen molar-refractivity contribution < 1.29 is 9.59 Å². The number of nitrogens with one attached hydrogen (secondary N) is 1. The molecule has 2 aliphatic heterocycles. The predicted molar refractivity (Wildman–Crippen MR) is 87.0 cm³/mol. The van der Waals surface area contributed by atoms with Crippen LogP contribution in [0.25, 0.3) is 0 Å². The molecule has 3 heterocycles. The molecule has 1 atom stereocenters. The van der Waals surface area contributed by atoms with Gasteiger partial charge in [0.1, 0.15) is 6.04 Å². The Balaban J connectivity index is 1.49. The van der Waals surface area contributed by atoms with Gasteiger partial charge >= 0.3 is 0 Å². The van der Waals surface area contributed by atoms with Crippen LogP contribution in [-0.4, -0.2) is 45.8 Å². The molecule has 2 aliphatic rings. The number of likely N-dealkylation sites (tertiary alicyclic amines) is 1. The maximum absolute atomic E-state index is 12.0. The van der Waals surface area contributed by atoms with Gasteiger partial charge in [0.25, 0.3) is 0 Å². The number of hydrogen-bond donors (Lipinski definition) is 1. The molecular formula is C16H20N6O2. The van der Waals surface area contributed by atoms with Crippen LogP contribution in [0, 0.1) is 12.3 Å². The Kier molecular flexibility index (Phi) is 4.34. The number of carbonyl (C=O) groups excluding carboxylic acids is 2. The van der Waals surface area contributed by atoms with Crippen LogP contribution >= 0.6 is 0 Å². The molecule has 1 aromatic heterocycles. The summed E-state index contributed by atoms with van der Waals surface area (Å²) in [6, 6.07) is 1.42. The summed E-state index contributed by atoms with van der Waals surface area (Å²) in [5, 5.41) is 15.1. The summed E-state index contributed by atoms with van der Waals surface area (Å²) in [5.74, 6) is 2.91. The average Bonchev–Trinajstić information content (AvgIpc) is 3.08. The number of anilines is 1. The standard InChI is InChI=1S/C16H20N6O2/c1-3-4-8-16(19-20-16)9-5-14(23)17-13-7-11-22(18-13)12-6-10-21(2)15(12)24/h1,7,11-12H,4-6,8-10H2,2H3,(H,17,18,23). The second kappa shape index (κ2) is 6.43. The second-order valence-electron chi connectivity index (χ2n) is 6.18. The number of rotatable bonds is 7. The van der Waals surface area contributed by atoms with Crippen molar-refractivity contribution in [3.63, 3.8) is 0 Å². The van der Waals surface area contributed by atoms with Crippen LogP contribution in [0.1, 0.15) is 38.1 Å². The van der Waals surface area contributed by atoms with Crippen LogP contribution in [0.5, 0.6) is 0 Å². The van der Waals surface area contributed by atoms with Crippen molar-refractivity contribution in [2.75, 3.05) is 18.9 Å². The molecule has 1 aromatic rings. The van der Waals surface area contributed by atoms with Gasteiger partial charge in [-0.3, -0.25) is 14.3 Å². The number of likely N-dealkylation sites (N-methyl/N-ethyl adjacent to an activating group) is 1. The Morgan fingerprint density at radius 3 is 2.92 bits per heavy atom. The van der Waals surface area contributed by atoms with E-state index in [2.05, 4.69) is 26.6 Å². The minimum Gasteiger partial charge on any atom is -0.344 e. The number of aromatic nitrogens is 2. The second-order valence-corrected chi connectivity index (χ2v) is 6.18. The van der Waals surface area contributed by atoms with E-state index in [0.717, 1.165) is 13.0 Å². The fourth-order valence-electron chi connectivity index (χ4n) is 2.81. The monoisotopic (exact) mass is 328 g/mol. The molecule has 126 valence electrons. The summed E-state index contributed by atoms with van der Waals surface area (Å²) in [6.45, 7) is 0.720. The van der Waals surface area contributed by atoms with E-state index in [4.69, 9.17) is 6.42 Å². The van der Waals surface area contributed by atoms with Crippen molar-refractivity contribution in [1.82, 2.24) is 14.7 Å². The smallest absolute Gasteiger partial charge is 0.247 e. The fourth-order valence-corrected chi connectivity index (χ4v) is 2.81. The molecule has 1 saturated heterocycles. The number of terminal acetylenes is 1. The van der Waals surface area contributed by atoms with Gasteiger partial charge in [-0.05, 0) is 6.42 Å². The highest BCUT2D eigenvalue weighted by Gasteiger charge is 2.39. The number of carbonyl (C=O) groups is 2. The fraction of sp³-hybridized carbons (Fsp3) is 0.562. The highest BCUT2D eigenvalue weighted by molar-refractivity contribution is 5.89. The van der Waals surface area contributed by atoms with E-state index in [1.165, 1.54) is 0 Å². The van der Waals surface area contributed by atoms with Gasteiger partial charge in [0.15, 0.2) is 11.5 Å². The van der Waals surface area contributed by atoms with Crippen LogP contribution in [0.4, 0.5) is 5.82 Å². The predicted octanol–water partition coefficient (Wildman–Crippen LogP) is 1.58. The first-order valence-electron chi connectivity index (χ1n) is 8.00. The van der Waals surface area contributed by atoms with Gasteiger partial charge in [-0.25, -0.2) is 0 Å². The van der Waals surface area contributed by atoms with Crippen LogP contribution in [-0.2, 0) is 9.59 Å². The molecule has 1 fully saturated rings. The van der Waals surface area contributed by atoms with E-state index < -0.39 is 5.66 Å². The molecular weight excluding hydrogens is 308 g/mol. The number of amides is 2. The van der Waals surface area contributed by atoms with Crippen molar-refractivity contribution in [2.45, 2.75) is 43.8 Å². The Labute approximate surface area is 140 Å². The molecule has 1 unspecified atom stereocenters. The first-order valence-corrected chi connectivity index (χ1v) is 8.00. The number of nitrogens with zero attached hydrogens (tertiary/aromatic N) is 5. The van der Waals surface area contributed by atoms with E-state index in [-0.39, 0.29) is 17.9 Å². The van der Waals surface area contributed by atoms with Crippen LogP contribution in [0.3, 0.4) is 0 Å². The third-order valence-electron chi connectivity index (χ3n) is 4.40. The molecule has 8 heteroatoms. The summed E-state index contributed by atoms with van der Waals surface area (Å²) >= 11 is 0. The Bertz CT molecular complexity index is 710. The van der Waals surface area contributed by atoms with Gasteiger partial charge in [0.05, 0.1) is 0 Å². The Morgan fingerprint density at radius 2 is 2.29 bits per heavy atom. The summed E-state index contributed by atoms with van der Waals surface area (Å²) in [7, 11) is 1.78. The molecule has 8 nitrogen and oxygen atoms in total. The topological polar surface area (TPSA) is 92.0 Å². The summed E-state index contributed by atoms with van der Waals surface area (Å²) in [6.07, 6.45) is 9.82. The third kappa shape index (κ3) is 3.45. The molecule has 0 saturated carbocycles. The minimum atomic E-state index is -0.454. The highest BCUT2D eigenvalue weighted by Crippen LogP contribution is 2.37. The molecule has 2 amide bonds. The molecule has 3 rings (SSSR count). The lowest BCUT2D eigenvalue weighted by atomic mass is 10.0. The molecule has 0 spiro atoms. The van der Waals surface area contributed by atoms with Gasteiger partial charge in [-0.15, -0.1) is 12.3 Å². The number of hydrogen-bond acceptors (Lipinski definition) is 5. The Hall–Kier alpha value is -2.69. The van der Waals surface area contributed by atoms with Crippen LogP contribution in [0.15, 0.2) is 22.5 Å². The summed E-state index contributed by atoms with van der Waals surface area (Å²) in [4.78, 5) is 25.7. The van der Waals surface area contributed by atoms with Crippen molar-refractivity contribution >= 4 is 17.6 Å². The van der Waals surface area contributed by atoms with Gasteiger partial charge in [-0.1, -0.05) is 0 Å². The molecule has 0 bridgehead atoms. The quantitative estimate of drug-likeness (QED) is 0.770. The largest absolute Gasteiger partial charge is 0.344 e. The van der Waals surface area contributed by atoms with Crippen molar-refractivity contribution in [2.24, 2.45) is 10.2 Å². The van der Waals surface area contributed by atoms with Crippen LogP contribution in [0.2, 0.25) is 0 Å². The summed E-state index contributed by atoms with van der Waals surface area (Å²) < 4.78 is 1.61. The van der Waals surface area contributed by atoms with Gasteiger partial charge in [0.2, 0.25) is 11.8 Å². The lowest BCUT2D eigenvalue weighted by Gasteiger charge is -2.10. The SMILES string of the molecule is C#CCCC1(CCC(=O)Nc2ccn(C3CCN(C)C3=O)n2)N=N1. The van der Waals surface area contributed by atoms with E-state index in [1.807, 2.05) is 0 Å². The molecule has 24 heavy (non-hydrogen) atoms. The van der Waals surface area contributed by atoms with Gasteiger partial charge in [0, 0.05) is 51.5 Å². The van der Waals surface area contributed by atoms with E-state index in [0.29, 0.717) is 31.5 Å². The molecule has 0 aliphatic carbocycles. The zero-order valence-corrected chi connectivity index (χ0v) is 13.6. The lowest BCUT2D eigenvalue weighted by Crippen LogP contribution is -2.25. The normalized spacial score (nSPS) is 20.9. The maximum atomic E-state index is 12.0. The first-order chi connectivity index (χ1) is 11.5. The molecule has 1 N–H and O–H groups in total. The Morgan fingerprint density at radius 1 is 1.50 bits per heavy atom. The average molecular weight is 328 g/mol. The minimum absolute atomic E-state index is 0.0448. The van der Waals surface area contributed by atoms with Gasteiger partial charge < -0.3 is 10.2 Å². The van der Waals surface area contributed by atoms with Crippen molar-refractivity contribution in [3.8, 4) is 12.3 Å². The van der Waals surface area contributed by atoms with E-state index >= 15 is 0 Å². The lowest BCUT2D eigenvalue weighted by molar-refractivity contribution is -0.129. The van der Waals surface area contributed by atoms with E-state index in [9.17, 15) is 9.59 Å². The van der Waals surface area contributed by atoms with E-state index in [1.54, 1.807) is 28.9 Å². The highest BCUT2D eigenvalue weighted by atomic mass is 16.2. The van der Waals surface area contributed by atoms with Crippen LogP contribution < -0.4 is 5.32 Å². The first kappa shape index (κ1) is 16.2. The zero-order valence-electron chi connectivity index (χ0n) is 13.6. The van der Waals surface area contributed by atoms with Crippen molar-refractivity contribution in [3.05, 3.63) is 12.3 Å². The molecule has 0 radical (unpaired) electrons. The third-order valence-corrected chi connectivity index (χ3v) is 4.40. The van der Waals surface area contributed by atoms with Gasteiger partial charge in [-0.2, -0.15) is 15.3 Å². The molecule has 0 aromatic carbocycles. The van der Waals surface area contributed by atoms with Crippen molar-refractivity contribution in [1.29, 1.82) is 0 Å².